The van der Waals surface area contributed by atoms with Crippen molar-refractivity contribution in [2.75, 3.05) is 13.2 Å². The van der Waals surface area contributed by atoms with Crippen molar-refractivity contribution >= 4 is 11.8 Å². The van der Waals surface area contributed by atoms with E-state index in [0.29, 0.717) is 31.2 Å². The van der Waals surface area contributed by atoms with Gasteiger partial charge in [-0.25, -0.2) is 4.98 Å². The second-order valence-corrected chi connectivity index (χ2v) is 8.63. The molecule has 2 heterocycles. The largest absolute Gasteiger partial charge is 0.489 e. The monoisotopic (exact) mass is 477 g/mol. The Labute approximate surface area is 195 Å². The van der Waals surface area contributed by atoms with Gasteiger partial charge in [0.15, 0.2) is 11.5 Å². The number of pyridine rings is 1. The summed E-state index contributed by atoms with van der Waals surface area (Å²) in [6.07, 6.45) is 2.44. The Morgan fingerprint density at radius 1 is 1.21 bits per heavy atom. The molecule has 0 bridgehead atoms. The number of halogens is 3. The first-order valence-electron chi connectivity index (χ1n) is 11.2. The maximum Gasteiger partial charge on any atom is 0.387 e. The SMILES string of the molecule is CC(=O)N1CC(c2ccc(OC(F)F)c(OCC3CC3)c2)C[C@@H]1C(=O)NCc1cccc(F)n1. The minimum absolute atomic E-state index is 0.0301. The van der Waals surface area contributed by atoms with Gasteiger partial charge in [-0.3, -0.25) is 9.59 Å². The highest BCUT2D eigenvalue weighted by atomic mass is 19.3. The number of alkyl halides is 2. The lowest BCUT2D eigenvalue weighted by Gasteiger charge is -2.22. The maximum atomic E-state index is 13.3. The molecule has 2 amide bonds. The third-order valence-electron chi connectivity index (χ3n) is 6.05. The normalized spacial score (nSPS) is 19.9. The van der Waals surface area contributed by atoms with E-state index in [1.165, 1.54) is 30.0 Å². The summed E-state index contributed by atoms with van der Waals surface area (Å²) in [6, 6.07) is 8.33. The van der Waals surface area contributed by atoms with Crippen LogP contribution in [-0.2, 0) is 16.1 Å². The second kappa shape index (κ2) is 10.3. The van der Waals surface area contributed by atoms with Crippen LogP contribution in [0.25, 0.3) is 0 Å². The van der Waals surface area contributed by atoms with Crippen LogP contribution in [0.15, 0.2) is 36.4 Å². The molecule has 1 saturated heterocycles. The Bertz CT molecular complexity index is 1050. The van der Waals surface area contributed by atoms with Crippen molar-refractivity contribution in [1.82, 2.24) is 15.2 Å². The summed E-state index contributed by atoms with van der Waals surface area (Å²) in [5, 5.41) is 2.72. The van der Waals surface area contributed by atoms with Crippen LogP contribution in [0.1, 0.15) is 43.4 Å². The standard InChI is InChI=1S/C24H26F3N3O4/c1-14(31)30-12-17(9-19(30)23(32)28-11-18-3-2-4-22(25)29-18)16-7-8-20(34-24(26)27)21(10-16)33-13-15-5-6-15/h2-4,7-8,10,15,17,19,24H,5-6,9,11-13H2,1H3,(H,28,32)/t17?,19-/m1/s1. The Morgan fingerprint density at radius 3 is 2.68 bits per heavy atom. The van der Waals surface area contributed by atoms with Crippen LogP contribution in [0.2, 0.25) is 0 Å². The number of carbonyl (C=O) groups excluding carboxylic acids is 2. The molecule has 1 saturated carbocycles. The Hall–Kier alpha value is -3.30. The molecule has 1 N–H and O–H groups in total. The van der Waals surface area contributed by atoms with Crippen molar-refractivity contribution in [3.63, 3.8) is 0 Å². The van der Waals surface area contributed by atoms with E-state index in [4.69, 9.17) is 4.74 Å². The van der Waals surface area contributed by atoms with Gasteiger partial charge in [-0.2, -0.15) is 13.2 Å². The first-order valence-corrected chi connectivity index (χ1v) is 11.2. The topological polar surface area (TPSA) is 80.8 Å². The number of hydrogen-bond donors (Lipinski definition) is 1. The van der Waals surface area contributed by atoms with Crippen molar-refractivity contribution in [1.29, 1.82) is 0 Å². The number of amides is 2. The predicted octanol–water partition coefficient (Wildman–Crippen LogP) is 3.63. The zero-order valence-electron chi connectivity index (χ0n) is 18.7. The van der Waals surface area contributed by atoms with E-state index in [2.05, 4.69) is 15.0 Å². The van der Waals surface area contributed by atoms with Crippen molar-refractivity contribution in [2.24, 2.45) is 5.92 Å². The van der Waals surface area contributed by atoms with Crippen molar-refractivity contribution in [3.05, 3.63) is 53.6 Å². The number of ether oxygens (including phenoxy) is 2. The molecule has 0 spiro atoms. The first kappa shape index (κ1) is 23.8. The van der Waals surface area contributed by atoms with Crippen molar-refractivity contribution < 1.29 is 32.2 Å². The lowest BCUT2D eigenvalue weighted by Crippen LogP contribution is -2.45. The Morgan fingerprint density at radius 2 is 2.00 bits per heavy atom. The molecule has 2 fully saturated rings. The summed E-state index contributed by atoms with van der Waals surface area (Å²) < 4.78 is 49.3. The minimum atomic E-state index is -2.98. The van der Waals surface area contributed by atoms with Crippen LogP contribution in [0.5, 0.6) is 11.5 Å². The van der Waals surface area contributed by atoms with Gasteiger partial charge >= 0.3 is 6.61 Å². The van der Waals surface area contributed by atoms with Gasteiger partial charge in [0.2, 0.25) is 17.8 Å². The van der Waals surface area contributed by atoms with Crippen LogP contribution in [0.3, 0.4) is 0 Å². The molecule has 10 heteroatoms. The molecule has 1 unspecified atom stereocenters. The Kier molecular flexibility index (Phi) is 7.23. The highest BCUT2D eigenvalue weighted by Gasteiger charge is 2.39. The molecular weight excluding hydrogens is 451 g/mol. The van der Waals surface area contributed by atoms with E-state index in [1.807, 2.05) is 0 Å². The summed E-state index contributed by atoms with van der Waals surface area (Å²) in [6.45, 7) is -0.840. The van der Waals surface area contributed by atoms with Crippen LogP contribution < -0.4 is 14.8 Å². The summed E-state index contributed by atoms with van der Waals surface area (Å²) in [5.41, 5.74) is 1.13. The van der Waals surface area contributed by atoms with Gasteiger partial charge in [-0.15, -0.1) is 0 Å². The number of benzene rings is 1. The third kappa shape index (κ3) is 5.98. The molecule has 2 aromatic rings. The van der Waals surface area contributed by atoms with E-state index >= 15 is 0 Å². The average molecular weight is 477 g/mol. The number of nitrogens with one attached hydrogen (secondary N) is 1. The molecule has 182 valence electrons. The number of likely N-dealkylation sites (tertiary alicyclic amines) is 1. The first-order chi connectivity index (χ1) is 16.3. The van der Waals surface area contributed by atoms with E-state index in [0.717, 1.165) is 18.4 Å². The van der Waals surface area contributed by atoms with Gasteiger partial charge in [-0.05, 0) is 55.0 Å². The molecule has 34 heavy (non-hydrogen) atoms. The smallest absolute Gasteiger partial charge is 0.387 e. The lowest BCUT2D eigenvalue weighted by atomic mass is 9.95. The van der Waals surface area contributed by atoms with Crippen molar-refractivity contribution in [3.8, 4) is 11.5 Å². The molecule has 1 aromatic carbocycles. The fraction of sp³-hybridized carbons (Fsp3) is 0.458. The Balaban J connectivity index is 1.47. The summed E-state index contributed by atoms with van der Waals surface area (Å²) in [5.74, 6) is -0.862. The van der Waals surface area contributed by atoms with Gasteiger partial charge in [0.1, 0.15) is 6.04 Å². The molecule has 2 atom stereocenters. The maximum absolute atomic E-state index is 13.3. The zero-order chi connectivity index (χ0) is 24.2. The van der Waals surface area contributed by atoms with Gasteiger partial charge in [0.05, 0.1) is 18.8 Å². The number of carbonyl (C=O) groups is 2. The molecule has 2 aliphatic rings. The quantitative estimate of drug-likeness (QED) is 0.558. The lowest BCUT2D eigenvalue weighted by molar-refractivity contribution is -0.136. The number of hydrogen-bond acceptors (Lipinski definition) is 5. The molecule has 1 aromatic heterocycles. The predicted molar refractivity (Wildman–Crippen MR) is 116 cm³/mol. The van der Waals surface area contributed by atoms with Gasteiger partial charge in [0, 0.05) is 19.4 Å². The molecule has 1 aliphatic carbocycles. The molecule has 7 nitrogen and oxygen atoms in total. The highest BCUT2D eigenvalue weighted by Crippen LogP contribution is 2.39. The average Bonchev–Trinajstić information content (AvgIpc) is 3.51. The summed E-state index contributed by atoms with van der Waals surface area (Å²) in [7, 11) is 0. The number of rotatable bonds is 9. The molecule has 1 aliphatic heterocycles. The summed E-state index contributed by atoms with van der Waals surface area (Å²) >= 11 is 0. The fourth-order valence-electron chi connectivity index (χ4n) is 4.10. The van der Waals surface area contributed by atoms with Crippen LogP contribution >= 0.6 is 0 Å². The van der Waals surface area contributed by atoms with E-state index in [9.17, 15) is 22.8 Å². The highest BCUT2D eigenvalue weighted by molar-refractivity contribution is 5.87. The van der Waals surface area contributed by atoms with Crippen molar-refractivity contribution in [2.45, 2.75) is 51.3 Å². The molecule has 0 radical (unpaired) electrons. The van der Waals surface area contributed by atoms with E-state index < -0.39 is 18.6 Å². The fourth-order valence-corrected chi connectivity index (χ4v) is 4.10. The van der Waals surface area contributed by atoms with Crippen LogP contribution in [-0.4, -0.2) is 47.5 Å². The van der Waals surface area contributed by atoms with E-state index in [1.54, 1.807) is 18.2 Å². The van der Waals surface area contributed by atoms with Crippen LogP contribution in [0, 0.1) is 11.9 Å². The summed E-state index contributed by atoms with van der Waals surface area (Å²) in [4.78, 5) is 30.3. The number of aromatic nitrogens is 1. The zero-order valence-corrected chi connectivity index (χ0v) is 18.7. The second-order valence-electron chi connectivity index (χ2n) is 8.63. The number of nitrogens with zero attached hydrogens (tertiary/aromatic N) is 2. The third-order valence-corrected chi connectivity index (χ3v) is 6.05. The molecular formula is C24H26F3N3O4. The van der Waals surface area contributed by atoms with Gasteiger partial charge < -0.3 is 19.7 Å². The van der Waals surface area contributed by atoms with Gasteiger partial charge in [0.25, 0.3) is 0 Å². The van der Waals surface area contributed by atoms with Gasteiger partial charge in [-0.1, -0.05) is 12.1 Å². The minimum Gasteiger partial charge on any atom is -0.489 e. The van der Waals surface area contributed by atoms with E-state index in [-0.39, 0.29) is 35.8 Å². The molecule has 4 rings (SSSR count). The van der Waals surface area contributed by atoms with Crippen LogP contribution in [0.4, 0.5) is 13.2 Å².